The summed E-state index contributed by atoms with van der Waals surface area (Å²) in [6.07, 6.45) is 4.69. The summed E-state index contributed by atoms with van der Waals surface area (Å²) in [5, 5.41) is 8.21. The molecule has 0 fully saturated rings. The number of fused-ring (bicyclic) bond motifs is 1. The molecule has 7 nitrogen and oxygen atoms in total. The van der Waals surface area contributed by atoms with Crippen LogP contribution in [-0.2, 0) is 14.3 Å². The van der Waals surface area contributed by atoms with Gasteiger partial charge in [0.05, 0.1) is 5.69 Å². The van der Waals surface area contributed by atoms with E-state index in [1.54, 1.807) is 17.7 Å². The largest absolute Gasteiger partial charge is 0.454 e. The fraction of sp³-hybridized carbons (Fsp3) is 0.125. The molecule has 0 radical (unpaired) electrons. The third-order valence-electron chi connectivity index (χ3n) is 4.54. The third kappa shape index (κ3) is 4.72. The molecule has 0 atom stereocenters. The van der Waals surface area contributed by atoms with Crippen molar-refractivity contribution in [2.75, 3.05) is 13.2 Å². The molecule has 0 spiro atoms. The number of carbonyl (C=O) groups is 2. The lowest BCUT2D eigenvalue weighted by Crippen LogP contribution is -2.28. The number of esters is 1. The predicted octanol–water partition coefficient (Wildman–Crippen LogP) is 3.98. The maximum Gasteiger partial charge on any atom is 0.331 e. The Morgan fingerprint density at radius 3 is 2.68 bits per heavy atom. The average Bonchev–Trinajstić information content (AvgIpc) is 3.41. The van der Waals surface area contributed by atoms with Crippen molar-refractivity contribution < 1.29 is 18.7 Å². The molecule has 0 saturated heterocycles. The summed E-state index contributed by atoms with van der Waals surface area (Å²) in [4.78, 5) is 23.5. The number of likely N-dealkylation sites (N-methyl/N-ethyl adjacent to an activating group) is 1. The molecule has 31 heavy (non-hydrogen) atoms. The molecule has 2 heterocycles. The number of hydrogen-bond acceptors (Lipinski definition) is 5. The topological polar surface area (TPSA) is 86.4 Å². The maximum absolute atomic E-state index is 12.1. The molecule has 156 valence electrons. The second kappa shape index (κ2) is 9.13. The predicted molar refractivity (Wildman–Crippen MR) is 117 cm³/mol. The Morgan fingerprint density at radius 2 is 1.90 bits per heavy atom. The molecule has 1 amide bonds. The third-order valence-corrected chi connectivity index (χ3v) is 4.54. The SMILES string of the molecule is CCNC(=O)COC(=O)/C=C/c1cn(-c2ccccc2)nc1-c1cc2ccccc2o1. The van der Waals surface area contributed by atoms with E-state index < -0.39 is 5.97 Å². The smallest absolute Gasteiger partial charge is 0.331 e. The Bertz CT molecular complexity index is 1210. The van der Waals surface area contributed by atoms with Crippen LogP contribution >= 0.6 is 0 Å². The lowest BCUT2D eigenvalue weighted by Gasteiger charge is -2.01. The number of benzene rings is 2. The van der Waals surface area contributed by atoms with E-state index >= 15 is 0 Å². The van der Waals surface area contributed by atoms with Gasteiger partial charge in [-0.2, -0.15) is 5.10 Å². The van der Waals surface area contributed by atoms with Crippen LogP contribution in [-0.4, -0.2) is 34.8 Å². The molecule has 2 aromatic carbocycles. The van der Waals surface area contributed by atoms with Crippen molar-refractivity contribution >= 4 is 28.9 Å². The molecule has 0 aliphatic carbocycles. The van der Waals surface area contributed by atoms with Crippen LogP contribution in [0.3, 0.4) is 0 Å². The van der Waals surface area contributed by atoms with Gasteiger partial charge in [-0.05, 0) is 37.3 Å². The van der Waals surface area contributed by atoms with Gasteiger partial charge in [-0.1, -0.05) is 36.4 Å². The number of furan rings is 1. The maximum atomic E-state index is 12.1. The van der Waals surface area contributed by atoms with Gasteiger partial charge in [0.15, 0.2) is 12.4 Å². The van der Waals surface area contributed by atoms with E-state index in [4.69, 9.17) is 9.15 Å². The Balaban J connectivity index is 1.64. The summed E-state index contributed by atoms with van der Waals surface area (Å²) >= 11 is 0. The number of amides is 1. The Labute approximate surface area is 178 Å². The van der Waals surface area contributed by atoms with E-state index in [1.807, 2.05) is 66.9 Å². The van der Waals surface area contributed by atoms with E-state index in [-0.39, 0.29) is 12.5 Å². The molecule has 4 aromatic rings. The lowest BCUT2D eigenvalue weighted by atomic mass is 10.2. The first-order valence-electron chi connectivity index (χ1n) is 9.89. The zero-order valence-electron chi connectivity index (χ0n) is 16.9. The zero-order chi connectivity index (χ0) is 21.6. The number of ether oxygens (including phenoxy) is 1. The quantitative estimate of drug-likeness (QED) is 0.364. The van der Waals surface area contributed by atoms with E-state index in [2.05, 4.69) is 10.4 Å². The van der Waals surface area contributed by atoms with Gasteiger partial charge in [0.1, 0.15) is 11.3 Å². The first kappa shape index (κ1) is 20.2. The Morgan fingerprint density at radius 1 is 1.13 bits per heavy atom. The standard InChI is InChI=1S/C24H21N3O4/c1-2-25-22(28)16-30-23(29)13-12-18-15-27(19-9-4-3-5-10-19)26-24(18)21-14-17-8-6-7-11-20(17)31-21/h3-15H,2,16H2,1H3,(H,25,28)/b13-12+. The molecule has 0 saturated carbocycles. The van der Waals surface area contributed by atoms with Crippen LogP contribution in [0, 0.1) is 0 Å². The minimum atomic E-state index is -0.616. The Hall–Kier alpha value is -4.13. The van der Waals surface area contributed by atoms with Gasteiger partial charge in [0.25, 0.3) is 5.91 Å². The molecule has 2 aromatic heterocycles. The second-order valence-electron chi connectivity index (χ2n) is 6.76. The summed E-state index contributed by atoms with van der Waals surface area (Å²) in [5.41, 5.74) is 2.90. The van der Waals surface area contributed by atoms with Gasteiger partial charge in [-0.15, -0.1) is 0 Å². The van der Waals surface area contributed by atoms with Crippen molar-refractivity contribution in [1.82, 2.24) is 15.1 Å². The number of para-hydroxylation sites is 2. The zero-order valence-corrected chi connectivity index (χ0v) is 16.9. The molecule has 0 unspecified atom stereocenters. The van der Waals surface area contributed by atoms with E-state index in [1.165, 1.54) is 6.08 Å². The van der Waals surface area contributed by atoms with E-state index in [0.29, 0.717) is 23.6 Å². The summed E-state index contributed by atoms with van der Waals surface area (Å²) in [5.74, 6) is -0.371. The number of hydrogen-bond donors (Lipinski definition) is 1. The summed E-state index contributed by atoms with van der Waals surface area (Å²) in [7, 11) is 0. The van der Waals surface area contributed by atoms with Crippen LogP contribution < -0.4 is 5.32 Å². The van der Waals surface area contributed by atoms with Gasteiger partial charge in [0.2, 0.25) is 0 Å². The van der Waals surface area contributed by atoms with Crippen molar-refractivity contribution in [2.45, 2.75) is 6.92 Å². The molecule has 0 aliphatic rings. The highest BCUT2D eigenvalue weighted by atomic mass is 16.5. The molecular formula is C24H21N3O4. The number of aromatic nitrogens is 2. The normalized spacial score (nSPS) is 11.1. The number of nitrogens with one attached hydrogen (secondary N) is 1. The van der Waals surface area contributed by atoms with Crippen LogP contribution in [0.5, 0.6) is 0 Å². The fourth-order valence-corrected chi connectivity index (χ4v) is 3.10. The fourth-order valence-electron chi connectivity index (χ4n) is 3.10. The van der Waals surface area contributed by atoms with Crippen molar-refractivity contribution in [3.8, 4) is 17.1 Å². The Kier molecular flexibility index (Phi) is 5.93. The van der Waals surface area contributed by atoms with Gasteiger partial charge in [0, 0.05) is 29.8 Å². The van der Waals surface area contributed by atoms with Crippen LogP contribution in [0.2, 0.25) is 0 Å². The van der Waals surface area contributed by atoms with E-state index in [9.17, 15) is 9.59 Å². The second-order valence-corrected chi connectivity index (χ2v) is 6.76. The molecule has 1 N–H and O–H groups in total. The number of rotatable bonds is 7. The first-order chi connectivity index (χ1) is 15.1. The monoisotopic (exact) mass is 415 g/mol. The minimum Gasteiger partial charge on any atom is -0.454 e. The average molecular weight is 415 g/mol. The molecule has 0 bridgehead atoms. The van der Waals surface area contributed by atoms with Crippen molar-refractivity contribution in [3.63, 3.8) is 0 Å². The summed E-state index contributed by atoms with van der Waals surface area (Å²) in [6.45, 7) is 1.95. The van der Waals surface area contributed by atoms with Crippen molar-refractivity contribution in [2.24, 2.45) is 0 Å². The number of carbonyl (C=O) groups excluding carboxylic acids is 2. The lowest BCUT2D eigenvalue weighted by molar-refractivity contribution is -0.143. The molecule has 7 heteroatoms. The van der Waals surface area contributed by atoms with Gasteiger partial charge < -0.3 is 14.5 Å². The highest BCUT2D eigenvalue weighted by Gasteiger charge is 2.15. The highest BCUT2D eigenvalue weighted by Crippen LogP contribution is 2.30. The van der Waals surface area contributed by atoms with Gasteiger partial charge in [-0.25, -0.2) is 9.48 Å². The van der Waals surface area contributed by atoms with Crippen LogP contribution in [0.25, 0.3) is 34.2 Å². The van der Waals surface area contributed by atoms with Gasteiger partial charge in [-0.3, -0.25) is 4.79 Å². The highest BCUT2D eigenvalue weighted by molar-refractivity contribution is 5.91. The molecule has 0 aliphatic heterocycles. The molecular weight excluding hydrogens is 394 g/mol. The minimum absolute atomic E-state index is 0.323. The van der Waals surface area contributed by atoms with Crippen molar-refractivity contribution in [1.29, 1.82) is 0 Å². The summed E-state index contributed by atoms with van der Waals surface area (Å²) in [6, 6.07) is 19.3. The summed E-state index contributed by atoms with van der Waals surface area (Å²) < 4.78 is 12.7. The van der Waals surface area contributed by atoms with Crippen LogP contribution in [0.15, 0.2) is 77.4 Å². The van der Waals surface area contributed by atoms with E-state index in [0.717, 1.165) is 16.7 Å². The first-order valence-corrected chi connectivity index (χ1v) is 9.89. The van der Waals surface area contributed by atoms with Crippen LogP contribution in [0.4, 0.5) is 0 Å². The van der Waals surface area contributed by atoms with Crippen molar-refractivity contribution in [3.05, 3.63) is 78.5 Å². The van der Waals surface area contributed by atoms with Gasteiger partial charge >= 0.3 is 5.97 Å². The number of nitrogens with zero attached hydrogens (tertiary/aromatic N) is 2. The molecule has 4 rings (SSSR count). The van der Waals surface area contributed by atoms with Crippen LogP contribution in [0.1, 0.15) is 12.5 Å².